The fraction of sp³-hybridized carbons (Fsp3) is 0.421. The number of ether oxygens (including phenoxy) is 1. The molecule has 1 aromatic heterocycles. The Morgan fingerprint density at radius 3 is 3.00 bits per heavy atom. The van der Waals surface area contributed by atoms with E-state index in [1.54, 1.807) is 10.7 Å². The van der Waals surface area contributed by atoms with Crippen molar-refractivity contribution in [1.29, 1.82) is 0 Å². The van der Waals surface area contributed by atoms with Crippen molar-refractivity contribution in [2.24, 2.45) is 11.8 Å². The Kier molecular flexibility index (Phi) is 4.79. The molecule has 26 heavy (non-hydrogen) atoms. The number of hydrogen-bond donors (Lipinski definition) is 1. The zero-order chi connectivity index (χ0) is 17.9. The lowest BCUT2D eigenvalue weighted by molar-refractivity contribution is -0.124. The van der Waals surface area contributed by atoms with Crippen LogP contribution in [0.15, 0.2) is 36.4 Å². The van der Waals surface area contributed by atoms with Crippen molar-refractivity contribution < 1.29 is 13.9 Å². The van der Waals surface area contributed by atoms with Gasteiger partial charge in [-0.2, -0.15) is 0 Å². The van der Waals surface area contributed by atoms with Crippen LogP contribution < -0.4 is 5.32 Å². The van der Waals surface area contributed by atoms with Gasteiger partial charge in [-0.1, -0.05) is 29.5 Å². The number of amides is 1. The molecule has 6 nitrogen and oxygen atoms in total. The maximum Gasteiger partial charge on any atom is 0.223 e. The molecule has 1 aromatic carbocycles. The van der Waals surface area contributed by atoms with Crippen LogP contribution in [0.2, 0.25) is 0 Å². The van der Waals surface area contributed by atoms with Crippen LogP contribution in [0, 0.1) is 17.7 Å². The summed E-state index contributed by atoms with van der Waals surface area (Å²) < 4.78 is 21.1. The summed E-state index contributed by atoms with van der Waals surface area (Å²) in [6.07, 6.45) is 5.73. The number of benzene rings is 1. The summed E-state index contributed by atoms with van der Waals surface area (Å²) in [5.41, 5.74) is 2.17. The SMILES string of the molecule is O=C(NCC1COCc2c(-c3cccc(F)c3)nnn2C1)C1CC=CC1. The minimum atomic E-state index is -0.305. The summed E-state index contributed by atoms with van der Waals surface area (Å²) in [4.78, 5) is 12.2. The van der Waals surface area contributed by atoms with Crippen molar-refractivity contribution in [2.45, 2.75) is 26.0 Å². The van der Waals surface area contributed by atoms with E-state index in [1.165, 1.54) is 12.1 Å². The largest absolute Gasteiger partial charge is 0.375 e. The Morgan fingerprint density at radius 1 is 1.35 bits per heavy atom. The monoisotopic (exact) mass is 356 g/mol. The van der Waals surface area contributed by atoms with Gasteiger partial charge in [0.15, 0.2) is 0 Å². The highest BCUT2D eigenvalue weighted by molar-refractivity contribution is 5.79. The van der Waals surface area contributed by atoms with Crippen molar-refractivity contribution in [3.63, 3.8) is 0 Å². The summed E-state index contributed by atoms with van der Waals surface area (Å²) >= 11 is 0. The number of allylic oxidation sites excluding steroid dienone is 2. The van der Waals surface area contributed by atoms with Crippen LogP contribution in [0.3, 0.4) is 0 Å². The summed E-state index contributed by atoms with van der Waals surface area (Å²) in [5.74, 6) is -0.0286. The maximum atomic E-state index is 13.5. The number of aromatic nitrogens is 3. The maximum absolute atomic E-state index is 13.5. The number of fused-ring (bicyclic) bond motifs is 1. The molecule has 2 aliphatic rings. The molecular weight excluding hydrogens is 335 g/mol. The van der Waals surface area contributed by atoms with Crippen LogP contribution in [-0.4, -0.2) is 34.1 Å². The van der Waals surface area contributed by atoms with E-state index in [9.17, 15) is 9.18 Å². The minimum absolute atomic E-state index is 0.0585. The molecule has 0 saturated carbocycles. The smallest absolute Gasteiger partial charge is 0.223 e. The zero-order valence-electron chi connectivity index (χ0n) is 14.4. The molecule has 0 fully saturated rings. The molecule has 1 N–H and O–H groups in total. The molecule has 136 valence electrons. The summed E-state index contributed by atoms with van der Waals surface area (Å²) in [6.45, 7) is 2.07. The average molecular weight is 356 g/mol. The van der Waals surface area contributed by atoms with Gasteiger partial charge in [-0.15, -0.1) is 5.10 Å². The van der Waals surface area contributed by atoms with Gasteiger partial charge in [-0.3, -0.25) is 4.79 Å². The fourth-order valence-electron chi connectivity index (χ4n) is 3.45. The third-order valence-corrected chi connectivity index (χ3v) is 4.90. The van der Waals surface area contributed by atoms with Crippen LogP contribution in [0.1, 0.15) is 18.5 Å². The number of nitrogens with one attached hydrogen (secondary N) is 1. The molecule has 2 heterocycles. The van der Waals surface area contributed by atoms with Crippen molar-refractivity contribution in [2.75, 3.05) is 13.2 Å². The molecule has 1 aliphatic carbocycles. The van der Waals surface area contributed by atoms with Crippen LogP contribution in [0.25, 0.3) is 11.3 Å². The molecule has 1 unspecified atom stereocenters. The van der Waals surface area contributed by atoms with Gasteiger partial charge in [0.1, 0.15) is 11.5 Å². The molecule has 2 aromatic rings. The molecule has 0 radical (unpaired) electrons. The summed E-state index contributed by atoms with van der Waals surface area (Å²) in [6, 6.07) is 6.32. The number of halogens is 1. The Balaban J connectivity index is 1.43. The third-order valence-electron chi connectivity index (χ3n) is 4.90. The highest BCUT2D eigenvalue weighted by Crippen LogP contribution is 2.25. The second-order valence-corrected chi connectivity index (χ2v) is 6.84. The second-order valence-electron chi connectivity index (χ2n) is 6.84. The van der Waals surface area contributed by atoms with Crippen molar-refractivity contribution >= 4 is 5.91 Å². The standard InChI is InChI=1S/C19H21FN4O2/c20-16-7-3-6-15(8-16)18-17-12-26-11-13(10-24(17)23-22-18)9-21-19(25)14-4-1-2-5-14/h1-3,6-8,13-14H,4-5,9-12H2,(H,21,25). The quantitative estimate of drug-likeness (QED) is 0.854. The van der Waals surface area contributed by atoms with E-state index in [1.807, 2.05) is 6.07 Å². The predicted octanol–water partition coefficient (Wildman–Crippen LogP) is 2.31. The van der Waals surface area contributed by atoms with Crippen LogP contribution >= 0.6 is 0 Å². The molecule has 7 heteroatoms. The second kappa shape index (κ2) is 7.37. The minimum Gasteiger partial charge on any atom is -0.375 e. The van der Waals surface area contributed by atoms with Crippen molar-refractivity contribution in [3.8, 4) is 11.3 Å². The van der Waals surface area contributed by atoms with E-state index >= 15 is 0 Å². The van der Waals surface area contributed by atoms with Gasteiger partial charge in [0.2, 0.25) is 5.91 Å². The van der Waals surface area contributed by atoms with E-state index < -0.39 is 0 Å². The van der Waals surface area contributed by atoms with Crippen LogP contribution in [-0.2, 0) is 22.7 Å². The molecule has 0 spiro atoms. The number of carbonyl (C=O) groups excluding carboxylic acids is 1. The normalized spacial score (nSPS) is 20.0. The van der Waals surface area contributed by atoms with E-state index in [2.05, 4.69) is 27.8 Å². The molecular formula is C19H21FN4O2. The number of nitrogens with zero attached hydrogens (tertiary/aromatic N) is 3. The lowest BCUT2D eigenvalue weighted by Crippen LogP contribution is -2.36. The van der Waals surface area contributed by atoms with Gasteiger partial charge in [-0.25, -0.2) is 9.07 Å². The number of carbonyl (C=O) groups is 1. The van der Waals surface area contributed by atoms with Gasteiger partial charge in [0, 0.05) is 30.5 Å². The van der Waals surface area contributed by atoms with E-state index in [-0.39, 0.29) is 23.6 Å². The first-order chi connectivity index (χ1) is 12.7. The first-order valence-corrected chi connectivity index (χ1v) is 8.89. The van der Waals surface area contributed by atoms with Crippen LogP contribution in [0.5, 0.6) is 0 Å². The molecule has 1 atom stereocenters. The molecule has 1 aliphatic heterocycles. The summed E-state index contributed by atoms with van der Waals surface area (Å²) in [5, 5.41) is 11.5. The van der Waals surface area contributed by atoms with E-state index in [0.29, 0.717) is 37.6 Å². The van der Waals surface area contributed by atoms with Gasteiger partial charge >= 0.3 is 0 Å². The lowest BCUT2D eigenvalue weighted by atomic mass is 10.1. The Hall–Kier alpha value is -2.54. The van der Waals surface area contributed by atoms with Gasteiger partial charge < -0.3 is 10.1 Å². The number of rotatable bonds is 4. The van der Waals surface area contributed by atoms with Crippen LogP contribution in [0.4, 0.5) is 4.39 Å². The summed E-state index contributed by atoms with van der Waals surface area (Å²) in [7, 11) is 0. The fourth-order valence-corrected chi connectivity index (χ4v) is 3.45. The highest BCUT2D eigenvalue weighted by atomic mass is 19.1. The molecule has 1 amide bonds. The first kappa shape index (κ1) is 16.9. The van der Waals surface area contributed by atoms with E-state index in [4.69, 9.17) is 4.74 Å². The number of hydrogen-bond acceptors (Lipinski definition) is 4. The van der Waals surface area contributed by atoms with E-state index in [0.717, 1.165) is 18.5 Å². The Morgan fingerprint density at radius 2 is 2.19 bits per heavy atom. The molecule has 4 rings (SSSR count). The third kappa shape index (κ3) is 3.53. The lowest BCUT2D eigenvalue weighted by Gasteiger charge is -2.16. The predicted molar refractivity (Wildman–Crippen MR) is 93.4 cm³/mol. The van der Waals surface area contributed by atoms with Crippen molar-refractivity contribution in [1.82, 2.24) is 20.3 Å². The van der Waals surface area contributed by atoms with Gasteiger partial charge in [-0.05, 0) is 25.0 Å². The molecule has 0 saturated heterocycles. The van der Waals surface area contributed by atoms with Gasteiger partial charge in [0.05, 0.1) is 18.9 Å². The average Bonchev–Trinajstić information content (AvgIpc) is 3.26. The highest BCUT2D eigenvalue weighted by Gasteiger charge is 2.24. The van der Waals surface area contributed by atoms with Gasteiger partial charge in [0.25, 0.3) is 0 Å². The Labute approximate surface area is 151 Å². The zero-order valence-corrected chi connectivity index (χ0v) is 14.4. The molecule has 0 bridgehead atoms. The topological polar surface area (TPSA) is 69.0 Å². The first-order valence-electron chi connectivity index (χ1n) is 8.89. The van der Waals surface area contributed by atoms with Crippen molar-refractivity contribution in [3.05, 3.63) is 47.9 Å². The Bertz CT molecular complexity index is 825.